The van der Waals surface area contributed by atoms with Crippen molar-refractivity contribution in [2.45, 2.75) is 26.4 Å². The molecule has 0 spiro atoms. The van der Waals surface area contributed by atoms with Crippen LogP contribution >= 0.6 is 0 Å². The number of benzene rings is 2. The fraction of sp³-hybridized carbons (Fsp3) is 0.316. The van der Waals surface area contributed by atoms with Crippen LogP contribution in [0.2, 0.25) is 0 Å². The first-order valence-electron chi connectivity index (χ1n) is 8.21. The normalized spacial score (nSPS) is 13.2. The third-order valence-electron chi connectivity index (χ3n) is 4.06. The van der Waals surface area contributed by atoms with Crippen molar-refractivity contribution in [3.05, 3.63) is 59.7 Å². The predicted octanol–water partition coefficient (Wildman–Crippen LogP) is 2.41. The van der Waals surface area contributed by atoms with Crippen LogP contribution < -0.4 is 15.0 Å². The molecule has 0 fully saturated rings. The lowest BCUT2D eigenvalue weighted by Crippen LogP contribution is -3.12. The molecule has 2 N–H and O–H groups in total. The minimum absolute atomic E-state index is 0.409. The molecule has 2 atom stereocenters. The Balaban J connectivity index is 1.98. The van der Waals surface area contributed by atoms with Crippen molar-refractivity contribution in [3.8, 4) is 5.75 Å². The van der Waals surface area contributed by atoms with E-state index in [9.17, 15) is 13.6 Å². The molecule has 2 aromatic carbocycles. The smallest absolute Gasteiger partial charge is 0.282 e. The molecule has 0 aromatic heterocycles. The molecular formula is C19H23F2N2O2+. The monoisotopic (exact) mass is 349 g/mol. The van der Waals surface area contributed by atoms with Crippen molar-refractivity contribution in [3.63, 3.8) is 0 Å². The zero-order valence-corrected chi connectivity index (χ0v) is 14.6. The van der Waals surface area contributed by atoms with Gasteiger partial charge in [-0.15, -0.1) is 0 Å². The summed E-state index contributed by atoms with van der Waals surface area (Å²) >= 11 is 0. The van der Waals surface area contributed by atoms with Gasteiger partial charge in [0.1, 0.15) is 29.6 Å². The Morgan fingerprint density at radius 1 is 1.16 bits per heavy atom. The van der Waals surface area contributed by atoms with E-state index >= 15 is 0 Å². The third kappa shape index (κ3) is 5.00. The Bertz CT molecular complexity index is 700. The lowest BCUT2D eigenvalue weighted by molar-refractivity contribution is -0.907. The van der Waals surface area contributed by atoms with Crippen LogP contribution in [0.4, 0.5) is 14.5 Å². The number of anilines is 1. The van der Waals surface area contributed by atoms with Gasteiger partial charge in [-0.25, -0.2) is 8.78 Å². The van der Waals surface area contributed by atoms with Gasteiger partial charge in [-0.05, 0) is 50.2 Å². The molecule has 0 bridgehead atoms. The SMILES string of the molecule is CCOc1ccc(C[NH+](C)[C@@H](C)C(=O)Nc2c(F)cccc2F)cc1. The Labute approximate surface area is 146 Å². The summed E-state index contributed by atoms with van der Waals surface area (Å²) in [6.45, 7) is 4.84. The highest BCUT2D eigenvalue weighted by Gasteiger charge is 2.24. The largest absolute Gasteiger partial charge is 0.494 e. The lowest BCUT2D eigenvalue weighted by atomic mass is 10.1. The predicted molar refractivity (Wildman–Crippen MR) is 92.7 cm³/mol. The zero-order valence-electron chi connectivity index (χ0n) is 14.6. The van der Waals surface area contributed by atoms with E-state index in [1.54, 1.807) is 6.92 Å². The van der Waals surface area contributed by atoms with Gasteiger partial charge in [-0.1, -0.05) is 6.07 Å². The van der Waals surface area contributed by atoms with Crippen molar-refractivity contribution in [1.29, 1.82) is 0 Å². The van der Waals surface area contributed by atoms with Gasteiger partial charge in [-0.3, -0.25) is 4.79 Å². The third-order valence-corrected chi connectivity index (χ3v) is 4.06. The number of quaternary nitrogens is 1. The minimum Gasteiger partial charge on any atom is -0.494 e. The first-order valence-corrected chi connectivity index (χ1v) is 8.21. The zero-order chi connectivity index (χ0) is 18.4. The first kappa shape index (κ1) is 18.9. The van der Waals surface area contributed by atoms with Gasteiger partial charge in [0.25, 0.3) is 5.91 Å². The van der Waals surface area contributed by atoms with Crippen LogP contribution in [0.25, 0.3) is 0 Å². The highest BCUT2D eigenvalue weighted by atomic mass is 19.1. The summed E-state index contributed by atoms with van der Waals surface area (Å²) in [7, 11) is 1.86. The van der Waals surface area contributed by atoms with Gasteiger partial charge in [-0.2, -0.15) is 0 Å². The van der Waals surface area contributed by atoms with Gasteiger partial charge in [0.2, 0.25) is 0 Å². The Hall–Kier alpha value is -2.47. The van der Waals surface area contributed by atoms with Crippen molar-refractivity contribution in [1.82, 2.24) is 0 Å². The second-order valence-electron chi connectivity index (χ2n) is 5.91. The van der Waals surface area contributed by atoms with E-state index in [-0.39, 0.29) is 0 Å². The maximum atomic E-state index is 13.6. The lowest BCUT2D eigenvalue weighted by Gasteiger charge is -2.21. The Morgan fingerprint density at radius 3 is 2.32 bits per heavy atom. The number of ether oxygens (including phenoxy) is 1. The first-order chi connectivity index (χ1) is 11.9. The van der Waals surface area contributed by atoms with Crippen LogP contribution in [0.3, 0.4) is 0 Å². The number of hydrogen-bond donors (Lipinski definition) is 2. The van der Waals surface area contributed by atoms with E-state index < -0.39 is 29.3 Å². The van der Waals surface area contributed by atoms with Crippen LogP contribution in [-0.2, 0) is 11.3 Å². The Kier molecular flexibility index (Phi) is 6.47. The molecule has 0 aliphatic rings. The van der Waals surface area contributed by atoms with Crippen LogP contribution in [0.15, 0.2) is 42.5 Å². The molecule has 1 amide bonds. The molecule has 1 unspecified atom stereocenters. The number of carbonyl (C=O) groups excluding carboxylic acids is 1. The molecule has 2 rings (SSSR count). The molecule has 25 heavy (non-hydrogen) atoms. The van der Waals surface area contributed by atoms with E-state index in [0.717, 1.165) is 28.3 Å². The van der Waals surface area contributed by atoms with E-state index in [1.165, 1.54) is 6.07 Å². The molecule has 0 aliphatic carbocycles. The highest BCUT2D eigenvalue weighted by Crippen LogP contribution is 2.18. The van der Waals surface area contributed by atoms with Crippen LogP contribution in [-0.4, -0.2) is 25.6 Å². The molecule has 4 nitrogen and oxygen atoms in total. The van der Waals surface area contributed by atoms with Crippen molar-refractivity contribution >= 4 is 11.6 Å². The summed E-state index contributed by atoms with van der Waals surface area (Å²) in [5.74, 6) is -1.22. The number of hydrogen-bond acceptors (Lipinski definition) is 2. The second kappa shape index (κ2) is 8.58. The minimum atomic E-state index is -0.787. The number of carbonyl (C=O) groups is 1. The van der Waals surface area contributed by atoms with E-state index in [1.807, 2.05) is 38.2 Å². The van der Waals surface area contributed by atoms with E-state index in [2.05, 4.69) is 5.32 Å². The number of rotatable bonds is 7. The fourth-order valence-electron chi connectivity index (χ4n) is 2.42. The second-order valence-corrected chi connectivity index (χ2v) is 5.91. The molecule has 0 saturated heterocycles. The molecule has 134 valence electrons. The Morgan fingerprint density at radius 2 is 1.76 bits per heavy atom. The molecule has 0 radical (unpaired) electrons. The molecule has 0 saturated carbocycles. The quantitative estimate of drug-likeness (QED) is 0.806. The standard InChI is InChI=1S/C19H22F2N2O2/c1-4-25-15-10-8-14(9-11-15)12-23(3)13(2)19(24)22-18-16(20)6-5-7-17(18)21/h5-11,13H,4,12H2,1-3H3,(H,22,24)/p+1/t13-/m0/s1. The van der Waals surface area contributed by atoms with Gasteiger partial charge in [0.05, 0.1) is 13.7 Å². The summed E-state index contributed by atoms with van der Waals surface area (Å²) in [6.07, 6.45) is 0. The van der Waals surface area contributed by atoms with Crippen molar-refractivity contribution in [2.75, 3.05) is 19.0 Å². The van der Waals surface area contributed by atoms with Crippen molar-refractivity contribution in [2.24, 2.45) is 0 Å². The fourth-order valence-corrected chi connectivity index (χ4v) is 2.42. The molecule has 6 heteroatoms. The summed E-state index contributed by atoms with van der Waals surface area (Å²) in [4.78, 5) is 13.2. The number of halogens is 2. The van der Waals surface area contributed by atoms with Gasteiger partial charge in [0, 0.05) is 5.56 Å². The van der Waals surface area contributed by atoms with Gasteiger partial charge in [0.15, 0.2) is 6.04 Å². The number of amides is 1. The van der Waals surface area contributed by atoms with E-state index in [4.69, 9.17) is 4.74 Å². The average Bonchev–Trinajstić information content (AvgIpc) is 2.59. The van der Waals surface area contributed by atoms with Crippen LogP contribution in [0, 0.1) is 11.6 Å². The highest BCUT2D eigenvalue weighted by molar-refractivity contribution is 5.93. The summed E-state index contributed by atoms with van der Waals surface area (Å²) in [5.41, 5.74) is 0.630. The maximum absolute atomic E-state index is 13.6. The molecular weight excluding hydrogens is 326 g/mol. The van der Waals surface area contributed by atoms with Gasteiger partial charge >= 0.3 is 0 Å². The van der Waals surface area contributed by atoms with E-state index in [0.29, 0.717) is 13.2 Å². The summed E-state index contributed by atoms with van der Waals surface area (Å²) < 4.78 is 32.7. The molecule has 2 aromatic rings. The van der Waals surface area contributed by atoms with Gasteiger partial charge < -0.3 is 15.0 Å². The number of para-hydroxylation sites is 1. The topological polar surface area (TPSA) is 42.8 Å². The summed E-state index contributed by atoms with van der Waals surface area (Å²) in [5, 5.41) is 2.34. The molecule has 0 aliphatic heterocycles. The van der Waals surface area contributed by atoms with Crippen LogP contribution in [0.1, 0.15) is 19.4 Å². The number of likely N-dealkylation sites (N-methyl/N-ethyl adjacent to an activating group) is 1. The maximum Gasteiger partial charge on any atom is 0.282 e. The van der Waals surface area contributed by atoms with Crippen LogP contribution in [0.5, 0.6) is 5.75 Å². The number of nitrogens with one attached hydrogen (secondary N) is 2. The summed E-state index contributed by atoms with van der Waals surface area (Å²) in [6, 6.07) is 10.6. The van der Waals surface area contributed by atoms with Crippen molar-refractivity contribution < 1.29 is 23.2 Å². The average molecular weight is 349 g/mol. The molecule has 0 heterocycles.